The number of fused-ring (bicyclic) bond motifs is 1. The fourth-order valence-electron chi connectivity index (χ4n) is 1.96. The van der Waals surface area contributed by atoms with Crippen molar-refractivity contribution in [1.82, 2.24) is 10.3 Å². The molecule has 1 atom stereocenters. The molecule has 100 valence electrons. The first-order chi connectivity index (χ1) is 9.11. The van der Waals surface area contributed by atoms with Gasteiger partial charge in [-0.1, -0.05) is 18.2 Å². The summed E-state index contributed by atoms with van der Waals surface area (Å²) in [6.45, 7) is 0. The highest BCUT2D eigenvalue weighted by molar-refractivity contribution is 7.81. The van der Waals surface area contributed by atoms with Gasteiger partial charge in [-0.3, -0.25) is 4.79 Å². The minimum atomic E-state index is -1.06. The van der Waals surface area contributed by atoms with E-state index in [9.17, 15) is 9.59 Å². The van der Waals surface area contributed by atoms with Crippen LogP contribution in [0.5, 0.6) is 0 Å². The molecular formula is C13H14N2O3S. The van der Waals surface area contributed by atoms with E-state index in [1.54, 1.807) is 6.20 Å². The summed E-state index contributed by atoms with van der Waals surface area (Å²) in [5, 5.41) is 12.5. The summed E-state index contributed by atoms with van der Waals surface area (Å²) in [6.07, 6.45) is 2.01. The highest BCUT2D eigenvalue weighted by atomic mass is 32.1. The van der Waals surface area contributed by atoms with Gasteiger partial charge in [-0.05, 0) is 11.6 Å². The largest absolute Gasteiger partial charge is 0.480 e. The molecule has 1 amide bonds. The maximum Gasteiger partial charge on any atom is 0.326 e. The normalized spacial score (nSPS) is 12.3. The summed E-state index contributed by atoms with van der Waals surface area (Å²) < 4.78 is 0. The number of hydrogen-bond acceptors (Lipinski definition) is 3. The molecule has 2 aromatic rings. The van der Waals surface area contributed by atoms with Crippen LogP contribution in [-0.2, 0) is 16.0 Å². The third-order valence-electron chi connectivity index (χ3n) is 2.88. The predicted molar refractivity (Wildman–Crippen MR) is 75.4 cm³/mol. The van der Waals surface area contributed by atoms with Crippen LogP contribution in [0.15, 0.2) is 30.5 Å². The van der Waals surface area contributed by atoms with Crippen molar-refractivity contribution in [1.29, 1.82) is 0 Å². The number of rotatable bonds is 5. The number of amides is 1. The van der Waals surface area contributed by atoms with Gasteiger partial charge in [-0.2, -0.15) is 12.6 Å². The van der Waals surface area contributed by atoms with Gasteiger partial charge in [0.05, 0.1) is 5.75 Å². The van der Waals surface area contributed by atoms with E-state index in [2.05, 4.69) is 22.9 Å². The topological polar surface area (TPSA) is 82.2 Å². The van der Waals surface area contributed by atoms with Crippen molar-refractivity contribution in [2.75, 3.05) is 5.75 Å². The number of para-hydroxylation sites is 1. The van der Waals surface area contributed by atoms with Crippen LogP contribution in [-0.4, -0.2) is 33.8 Å². The zero-order valence-corrected chi connectivity index (χ0v) is 11.0. The SMILES string of the molecule is O=C(CS)NC(Cc1c[nH]c2ccccc12)C(=O)O. The number of carboxylic acids is 1. The number of nitrogens with one attached hydrogen (secondary N) is 2. The molecule has 0 radical (unpaired) electrons. The Kier molecular flexibility index (Phi) is 4.11. The molecule has 5 nitrogen and oxygen atoms in total. The van der Waals surface area contributed by atoms with Crippen molar-refractivity contribution in [3.05, 3.63) is 36.0 Å². The molecule has 0 aliphatic rings. The Hall–Kier alpha value is -1.95. The summed E-state index contributed by atoms with van der Waals surface area (Å²) in [5.74, 6) is -1.48. The Balaban J connectivity index is 2.21. The predicted octanol–water partition coefficient (Wildman–Crippen LogP) is 1.21. The van der Waals surface area contributed by atoms with E-state index >= 15 is 0 Å². The van der Waals surface area contributed by atoms with Gasteiger partial charge >= 0.3 is 5.97 Å². The number of benzene rings is 1. The molecule has 0 aliphatic heterocycles. The van der Waals surface area contributed by atoms with Crippen molar-refractivity contribution >= 4 is 35.4 Å². The molecule has 0 fully saturated rings. The van der Waals surface area contributed by atoms with Crippen LogP contribution in [0.1, 0.15) is 5.56 Å². The van der Waals surface area contributed by atoms with Crippen molar-refractivity contribution in [2.45, 2.75) is 12.5 Å². The standard InChI is InChI=1S/C13H14N2O3S/c16-12(7-19)15-11(13(17)18)5-8-6-14-10-4-2-1-3-9(8)10/h1-4,6,11,14,19H,5,7H2,(H,15,16)(H,17,18). The minimum absolute atomic E-state index is 0.0301. The van der Waals surface area contributed by atoms with Gasteiger partial charge in [0.1, 0.15) is 6.04 Å². The summed E-state index contributed by atoms with van der Waals surface area (Å²) in [5.41, 5.74) is 1.81. The Morgan fingerprint density at radius 3 is 2.79 bits per heavy atom. The molecule has 1 aromatic carbocycles. The zero-order chi connectivity index (χ0) is 13.8. The van der Waals surface area contributed by atoms with Crippen LogP contribution >= 0.6 is 12.6 Å². The van der Waals surface area contributed by atoms with E-state index in [0.29, 0.717) is 0 Å². The third kappa shape index (κ3) is 3.08. The lowest BCUT2D eigenvalue weighted by molar-refractivity contribution is -0.141. The van der Waals surface area contributed by atoms with Crippen LogP contribution in [0.3, 0.4) is 0 Å². The number of H-pyrrole nitrogens is 1. The van der Waals surface area contributed by atoms with Gasteiger partial charge in [0.15, 0.2) is 0 Å². The van der Waals surface area contributed by atoms with Crippen LogP contribution < -0.4 is 5.32 Å². The molecular weight excluding hydrogens is 264 g/mol. The van der Waals surface area contributed by atoms with Crippen molar-refractivity contribution in [2.24, 2.45) is 0 Å². The Labute approximate surface area is 115 Å². The lowest BCUT2D eigenvalue weighted by Crippen LogP contribution is -2.42. The van der Waals surface area contributed by atoms with E-state index in [4.69, 9.17) is 5.11 Å². The first-order valence-electron chi connectivity index (χ1n) is 5.80. The van der Waals surface area contributed by atoms with Crippen molar-refractivity contribution < 1.29 is 14.7 Å². The summed E-state index contributed by atoms with van der Waals surface area (Å²) in [7, 11) is 0. The fourth-order valence-corrected chi connectivity index (χ4v) is 2.05. The van der Waals surface area contributed by atoms with E-state index in [-0.39, 0.29) is 12.2 Å². The molecule has 3 N–H and O–H groups in total. The van der Waals surface area contributed by atoms with Crippen molar-refractivity contribution in [3.63, 3.8) is 0 Å². The molecule has 2 rings (SSSR count). The van der Waals surface area contributed by atoms with Gasteiger partial charge in [0.25, 0.3) is 0 Å². The second-order valence-electron chi connectivity index (χ2n) is 4.18. The highest BCUT2D eigenvalue weighted by Crippen LogP contribution is 2.19. The number of hydrogen-bond donors (Lipinski definition) is 4. The summed E-state index contributed by atoms with van der Waals surface area (Å²) >= 11 is 3.82. The Morgan fingerprint density at radius 2 is 2.11 bits per heavy atom. The van der Waals surface area contributed by atoms with E-state index < -0.39 is 17.9 Å². The van der Waals surface area contributed by atoms with Crippen LogP contribution in [0.25, 0.3) is 10.9 Å². The highest BCUT2D eigenvalue weighted by Gasteiger charge is 2.21. The van der Waals surface area contributed by atoms with Gasteiger partial charge in [-0.15, -0.1) is 0 Å². The molecule has 1 unspecified atom stereocenters. The molecule has 0 saturated heterocycles. The van der Waals surface area contributed by atoms with E-state index in [1.807, 2.05) is 24.3 Å². The van der Waals surface area contributed by atoms with Gasteiger partial charge in [-0.25, -0.2) is 4.79 Å². The first kappa shape index (κ1) is 13.5. The number of carbonyl (C=O) groups excluding carboxylic acids is 1. The van der Waals surface area contributed by atoms with Gasteiger partial charge in [0, 0.05) is 23.5 Å². The number of thiol groups is 1. The monoisotopic (exact) mass is 278 g/mol. The first-order valence-corrected chi connectivity index (χ1v) is 6.43. The number of carboxylic acid groups (broad SMARTS) is 1. The summed E-state index contributed by atoms with van der Waals surface area (Å²) in [6, 6.07) is 6.68. The number of aromatic nitrogens is 1. The van der Waals surface area contributed by atoms with E-state index in [1.165, 1.54) is 0 Å². The minimum Gasteiger partial charge on any atom is -0.480 e. The average molecular weight is 278 g/mol. The maximum absolute atomic E-state index is 11.3. The smallest absolute Gasteiger partial charge is 0.326 e. The Morgan fingerprint density at radius 1 is 1.37 bits per heavy atom. The number of aliphatic carboxylic acids is 1. The third-order valence-corrected chi connectivity index (χ3v) is 3.16. The number of carbonyl (C=O) groups is 2. The zero-order valence-electron chi connectivity index (χ0n) is 10.1. The van der Waals surface area contributed by atoms with Crippen LogP contribution in [0.4, 0.5) is 0 Å². The molecule has 6 heteroatoms. The lowest BCUT2D eigenvalue weighted by Gasteiger charge is -2.13. The van der Waals surface area contributed by atoms with Gasteiger partial charge < -0.3 is 15.4 Å². The van der Waals surface area contributed by atoms with E-state index in [0.717, 1.165) is 16.5 Å². The average Bonchev–Trinajstić information content (AvgIpc) is 2.81. The number of aromatic amines is 1. The second-order valence-corrected chi connectivity index (χ2v) is 4.50. The molecule has 1 heterocycles. The Bertz CT molecular complexity index is 609. The molecule has 0 bridgehead atoms. The van der Waals surface area contributed by atoms with Crippen LogP contribution in [0, 0.1) is 0 Å². The molecule has 0 saturated carbocycles. The summed E-state index contributed by atoms with van der Waals surface area (Å²) in [4.78, 5) is 25.5. The fraction of sp³-hybridized carbons (Fsp3) is 0.231. The lowest BCUT2D eigenvalue weighted by atomic mass is 10.1. The maximum atomic E-state index is 11.3. The quantitative estimate of drug-likeness (QED) is 0.620. The molecule has 19 heavy (non-hydrogen) atoms. The molecule has 1 aromatic heterocycles. The molecule has 0 aliphatic carbocycles. The van der Waals surface area contributed by atoms with Gasteiger partial charge in [0.2, 0.25) is 5.91 Å². The van der Waals surface area contributed by atoms with Crippen molar-refractivity contribution in [3.8, 4) is 0 Å². The second kappa shape index (κ2) is 5.79. The van der Waals surface area contributed by atoms with Crippen LogP contribution in [0.2, 0.25) is 0 Å². The molecule has 0 spiro atoms.